The molecule has 4 rings (SSSR count). The molecule has 5 heteroatoms. The first-order valence-corrected chi connectivity index (χ1v) is 9.59. The normalized spacial score (nSPS) is 13.3. The van der Waals surface area contributed by atoms with E-state index >= 15 is 0 Å². The van der Waals surface area contributed by atoms with E-state index in [1.807, 2.05) is 36.4 Å². The van der Waals surface area contributed by atoms with Crippen molar-refractivity contribution in [1.29, 1.82) is 0 Å². The van der Waals surface area contributed by atoms with Gasteiger partial charge in [-0.25, -0.2) is 4.79 Å². The molecular formula is C24H23NO4. The minimum atomic E-state index is -0.883. The van der Waals surface area contributed by atoms with Gasteiger partial charge >= 0.3 is 6.09 Å². The zero-order valence-corrected chi connectivity index (χ0v) is 16.2. The van der Waals surface area contributed by atoms with Crippen LogP contribution in [0, 0.1) is 0 Å². The van der Waals surface area contributed by atoms with Crippen LogP contribution in [-0.4, -0.2) is 31.5 Å². The van der Waals surface area contributed by atoms with Crippen molar-refractivity contribution in [2.24, 2.45) is 0 Å². The number of alkyl carbamates (subject to hydrolysis) is 1. The summed E-state index contributed by atoms with van der Waals surface area (Å²) in [4.78, 5) is 12.2. The van der Waals surface area contributed by atoms with E-state index in [4.69, 9.17) is 9.47 Å². The molecule has 0 aliphatic heterocycles. The molecular weight excluding hydrogens is 366 g/mol. The molecule has 29 heavy (non-hydrogen) atoms. The first-order chi connectivity index (χ1) is 14.2. The van der Waals surface area contributed by atoms with Crippen molar-refractivity contribution in [3.8, 4) is 16.9 Å². The number of amides is 1. The summed E-state index contributed by atoms with van der Waals surface area (Å²) in [6.45, 7) is 0.279. The van der Waals surface area contributed by atoms with E-state index in [0.717, 1.165) is 11.1 Å². The van der Waals surface area contributed by atoms with Crippen molar-refractivity contribution in [1.82, 2.24) is 5.32 Å². The average Bonchev–Trinajstić information content (AvgIpc) is 3.09. The standard InChI is InChI=1S/C24H23NO4/c1-28-23-13-7-6-12-20(23)22(26)14-25-24(27)29-15-21-18-10-4-2-8-16(18)17-9-3-5-11-19(17)21/h2-13,21-22,26H,14-15H2,1H3,(H,25,27)/t22-/m1/s1. The highest BCUT2D eigenvalue weighted by atomic mass is 16.5. The van der Waals surface area contributed by atoms with Gasteiger partial charge in [0.05, 0.1) is 19.8 Å². The second kappa shape index (κ2) is 8.37. The molecule has 5 nitrogen and oxygen atoms in total. The summed E-state index contributed by atoms with van der Waals surface area (Å²) in [7, 11) is 1.55. The predicted molar refractivity (Wildman–Crippen MR) is 111 cm³/mol. The lowest BCUT2D eigenvalue weighted by Crippen LogP contribution is -2.30. The Kier molecular flexibility index (Phi) is 5.49. The number of carbonyl (C=O) groups excluding carboxylic acids is 1. The van der Waals surface area contributed by atoms with Crippen LogP contribution in [0.15, 0.2) is 72.8 Å². The number of fused-ring (bicyclic) bond motifs is 3. The third kappa shape index (κ3) is 3.82. The number of aliphatic hydroxyl groups is 1. The molecule has 1 atom stereocenters. The topological polar surface area (TPSA) is 67.8 Å². The highest BCUT2D eigenvalue weighted by Gasteiger charge is 2.29. The maximum atomic E-state index is 12.2. The summed E-state index contributed by atoms with van der Waals surface area (Å²) in [5.41, 5.74) is 5.31. The number of hydrogen-bond acceptors (Lipinski definition) is 4. The Morgan fingerprint density at radius 2 is 1.55 bits per heavy atom. The van der Waals surface area contributed by atoms with Crippen LogP contribution in [0.25, 0.3) is 11.1 Å². The second-order valence-electron chi connectivity index (χ2n) is 6.96. The minimum absolute atomic E-state index is 0.00675. The second-order valence-corrected chi connectivity index (χ2v) is 6.96. The van der Waals surface area contributed by atoms with Crippen molar-refractivity contribution in [2.45, 2.75) is 12.0 Å². The van der Waals surface area contributed by atoms with Crippen molar-refractivity contribution >= 4 is 6.09 Å². The number of para-hydroxylation sites is 1. The first-order valence-electron chi connectivity index (χ1n) is 9.59. The van der Waals surface area contributed by atoms with Crippen LogP contribution in [0.3, 0.4) is 0 Å². The van der Waals surface area contributed by atoms with Gasteiger partial charge in [0, 0.05) is 11.5 Å². The van der Waals surface area contributed by atoms with Gasteiger partial charge in [0.2, 0.25) is 0 Å². The summed E-state index contributed by atoms with van der Waals surface area (Å²) in [6, 6.07) is 23.6. The van der Waals surface area contributed by atoms with Gasteiger partial charge in [-0.05, 0) is 28.3 Å². The Bertz CT molecular complexity index is 972. The maximum Gasteiger partial charge on any atom is 0.407 e. The van der Waals surface area contributed by atoms with E-state index in [9.17, 15) is 9.90 Å². The molecule has 3 aromatic carbocycles. The quantitative estimate of drug-likeness (QED) is 0.661. The molecule has 0 heterocycles. The van der Waals surface area contributed by atoms with Crippen LogP contribution < -0.4 is 10.1 Å². The molecule has 0 radical (unpaired) electrons. The van der Waals surface area contributed by atoms with E-state index < -0.39 is 12.2 Å². The number of hydrogen-bond donors (Lipinski definition) is 2. The van der Waals surface area contributed by atoms with Crippen molar-refractivity contribution in [2.75, 3.05) is 20.3 Å². The van der Waals surface area contributed by atoms with Crippen molar-refractivity contribution in [3.05, 3.63) is 89.5 Å². The van der Waals surface area contributed by atoms with Gasteiger partial charge in [0.1, 0.15) is 12.4 Å². The molecule has 0 saturated heterocycles. The number of nitrogens with one attached hydrogen (secondary N) is 1. The Balaban J connectivity index is 1.38. The van der Waals surface area contributed by atoms with Gasteiger partial charge in [-0.2, -0.15) is 0 Å². The van der Waals surface area contributed by atoms with Crippen LogP contribution in [0.4, 0.5) is 4.79 Å². The number of benzene rings is 3. The fourth-order valence-electron chi connectivity index (χ4n) is 3.88. The zero-order chi connectivity index (χ0) is 20.2. The largest absolute Gasteiger partial charge is 0.496 e. The Labute approximate surface area is 169 Å². The molecule has 3 aromatic rings. The molecule has 0 aromatic heterocycles. The fraction of sp³-hybridized carbons (Fsp3) is 0.208. The SMILES string of the molecule is COc1ccccc1[C@H](O)CNC(=O)OCC1c2ccccc2-c2ccccc21. The molecule has 1 aliphatic rings. The predicted octanol–water partition coefficient (Wildman–Crippen LogP) is 4.27. The van der Waals surface area contributed by atoms with E-state index in [1.165, 1.54) is 11.1 Å². The average molecular weight is 389 g/mol. The van der Waals surface area contributed by atoms with Crippen LogP contribution in [-0.2, 0) is 4.74 Å². The summed E-state index contributed by atoms with van der Waals surface area (Å²) in [6.07, 6.45) is -1.44. The molecule has 2 N–H and O–H groups in total. The monoisotopic (exact) mass is 389 g/mol. The fourth-order valence-corrected chi connectivity index (χ4v) is 3.88. The molecule has 0 saturated carbocycles. The highest BCUT2D eigenvalue weighted by molar-refractivity contribution is 5.79. The van der Waals surface area contributed by atoms with Gasteiger partial charge in [0.15, 0.2) is 0 Å². The number of ether oxygens (including phenoxy) is 2. The lowest BCUT2D eigenvalue weighted by atomic mass is 9.98. The molecule has 1 amide bonds. The van der Waals surface area contributed by atoms with Crippen LogP contribution in [0.1, 0.15) is 28.7 Å². The van der Waals surface area contributed by atoms with Crippen molar-refractivity contribution < 1.29 is 19.4 Å². The van der Waals surface area contributed by atoms with Crippen molar-refractivity contribution in [3.63, 3.8) is 0 Å². The number of carbonyl (C=O) groups is 1. The highest BCUT2D eigenvalue weighted by Crippen LogP contribution is 2.44. The number of methoxy groups -OCH3 is 1. The van der Waals surface area contributed by atoms with Crippen LogP contribution in [0.5, 0.6) is 5.75 Å². The van der Waals surface area contributed by atoms with Gasteiger partial charge in [-0.1, -0.05) is 66.7 Å². The Morgan fingerprint density at radius 3 is 2.21 bits per heavy atom. The van der Waals surface area contributed by atoms with E-state index in [1.54, 1.807) is 19.2 Å². The van der Waals surface area contributed by atoms with E-state index in [2.05, 4.69) is 29.6 Å². The van der Waals surface area contributed by atoms with Gasteiger partial charge in [-0.15, -0.1) is 0 Å². The summed E-state index contributed by atoms with van der Waals surface area (Å²) in [5.74, 6) is 0.585. The number of aliphatic hydroxyl groups excluding tert-OH is 1. The molecule has 0 bridgehead atoms. The first kappa shape index (κ1) is 19.0. The minimum Gasteiger partial charge on any atom is -0.496 e. The molecule has 0 unspecified atom stereocenters. The third-order valence-electron chi connectivity index (χ3n) is 5.28. The lowest BCUT2D eigenvalue weighted by molar-refractivity contribution is 0.128. The van der Waals surface area contributed by atoms with E-state index in [-0.39, 0.29) is 19.1 Å². The Hall–Kier alpha value is -3.31. The molecule has 148 valence electrons. The molecule has 1 aliphatic carbocycles. The van der Waals surface area contributed by atoms with Gasteiger partial charge in [0.25, 0.3) is 0 Å². The zero-order valence-electron chi connectivity index (χ0n) is 16.2. The summed E-state index contributed by atoms with van der Waals surface area (Å²) in [5, 5.41) is 13.0. The Morgan fingerprint density at radius 1 is 0.966 bits per heavy atom. The lowest BCUT2D eigenvalue weighted by Gasteiger charge is -2.17. The summed E-state index contributed by atoms with van der Waals surface area (Å²) < 4.78 is 10.7. The van der Waals surface area contributed by atoms with Gasteiger partial charge in [-0.3, -0.25) is 0 Å². The smallest absolute Gasteiger partial charge is 0.407 e. The van der Waals surface area contributed by atoms with Crippen LogP contribution >= 0.6 is 0 Å². The number of rotatable bonds is 6. The molecule has 0 fully saturated rings. The maximum absolute atomic E-state index is 12.2. The van der Waals surface area contributed by atoms with E-state index in [0.29, 0.717) is 11.3 Å². The van der Waals surface area contributed by atoms with Crippen LogP contribution in [0.2, 0.25) is 0 Å². The third-order valence-corrected chi connectivity index (χ3v) is 5.28. The van der Waals surface area contributed by atoms with Gasteiger partial charge < -0.3 is 19.9 Å². The molecule has 0 spiro atoms. The summed E-state index contributed by atoms with van der Waals surface area (Å²) >= 11 is 0.